The van der Waals surface area contributed by atoms with Crippen LogP contribution in [0.1, 0.15) is 16.8 Å². The summed E-state index contributed by atoms with van der Waals surface area (Å²) in [6.07, 6.45) is 0.636. The number of alkyl halides is 1. The van der Waals surface area contributed by atoms with E-state index in [1.54, 1.807) is 25.3 Å². The number of rotatable bonds is 7. The second-order valence-corrected chi connectivity index (χ2v) is 5.00. The number of carbonyl (C=O) groups excluding carboxylic acids is 1. The number of carbonyl (C=O) groups is 1. The number of amides is 1. The van der Waals surface area contributed by atoms with Crippen LogP contribution in [0.15, 0.2) is 18.2 Å². The summed E-state index contributed by atoms with van der Waals surface area (Å²) in [4.78, 5) is 12.0. The predicted molar refractivity (Wildman–Crippen MR) is 76.5 cm³/mol. The molecule has 0 aliphatic heterocycles. The van der Waals surface area contributed by atoms with Gasteiger partial charge in [-0.2, -0.15) is 0 Å². The van der Waals surface area contributed by atoms with Crippen LogP contribution in [0.5, 0.6) is 5.75 Å². The van der Waals surface area contributed by atoms with Crippen molar-refractivity contribution in [3.63, 3.8) is 0 Å². The quantitative estimate of drug-likeness (QED) is 0.788. The molecule has 1 aromatic rings. The van der Waals surface area contributed by atoms with Crippen molar-refractivity contribution in [3.8, 4) is 5.75 Å². The predicted octanol–water partition coefficient (Wildman–Crippen LogP) is 2.72. The maximum absolute atomic E-state index is 12.0. The summed E-state index contributed by atoms with van der Waals surface area (Å²) in [5, 5.41) is 3.19. The van der Waals surface area contributed by atoms with E-state index in [4.69, 9.17) is 32.7 Å². The smallest absolute Gasteiger partial charge is 0.255 e. The first-order chi connectivity index (χ1) is 9.08. The monoisotopic (exact) mass is 305 g/mol. The van der Waals surface area contributed by atoms with Gasteiger partial charge in [0.1, 0.15) is 5.75 Å². The fourth-order valence-corrected chi connectivity index (χ4v) is 1.95. The van der Waals surface area contributed by atoms with Gasteiger partial charge in [0, 0.05) is 18.7 Å². The maximum atomic E-state index is 12.0. The highest BCUT2D eigenvalue weighted by atomic mass is 35.5. The normalized spacial score (nSPS) is 12.0. The molecule has 1 rings (SSSR count). The minimum Gasteiger partial charge on any atom is -0.496 e. The summed E-state index contributed by atoms with van der Waals surface area (Å²) >= 11 is 11.8. The molecule has 0 heterocycles. The minimum atomic E-state index is -0.213. The molecule has 1 amide bonds. The second kappa shape index (κ2) is 8.25. The molecule has 1 N–H and O–H groups in total. The van der Waals surface area contributed by atoms with Crippen molar-refractivity contribution in [1.29, 1.82) is 0 Å². The number of hydrogen-bond acceptors (Lipinski definition) is 3. The first kappa shape index (κ1) is 16.1. The average molecular weight is 306 g/mol. The summed E-state index contributed by atoms with van der Waals surface area (Å²) in [7, 11) is 3.09. The number of hydrogen-bond donors (Lipinski definition) is 1. The lowest BCUT2D eigenvalue weighted by Gasteiger charge is -2.11. The van der Waals surface area contributed by atoms with Gasteiger partial charge in [-0.1, -0.05) is 11.6 Å². The zero-order valence-corrected chi connectivity index (χ0v) is 12.4. The summed E-state index contributed by atoms with van der Waals surface area (Å²) in [5.74, 6) is 0.235. The Balaban J connectivity index is 2.54. The molecule has 1 atom stereocenters. The Morgan fingerprint density at radius 1 is 1.42 bits per heavy atom. The molecular weight excluding hydrogens is 289 g/mol. The highest BCUT2D eigenvalue weighted by molar-refractivity contribution is 6.30. The Kier molecular flexibility index (Phi) is 6.99. The first-order valence-electron chi connectivity index (χ1n) is 5.83. The molecule has 1 aromatic carbocycles. The molecule has 0 aliphatic rings. The van der Waals surface area contributed by atoms with Crippen molar-refractivity contribution in [2.75, 3.05) is 27.4 Å². The maximum Gasteiger partial charge on any atom is 0.255 e. The molecular formula is C13H17Cl2NO3. The third-order valence-electron chi connectivity index (χ3n) is 2.50. The molecule has 0 spiro atoms. The molecule has 1 unspecified atom stereocenters. The average Bonchev–Trinajstić information content (AvgIpc) is 2.38. The van der Waals surface area contributed by atoms with E-state index >= 15 is 0 Å². The van der Waals surface area contributed by atoms with Crippen LogP contribution in [0.3, 0.4) is 0 Å². The number of benzene rings is 1. The van der Waals surface area contributed by atoms with Gasteiger partial charge >= 0.3 is 0 Å². The Morgan fingerprint density at radius 3 is 2.79 bits per heavy atom. The molecule has 0 aliphatic carbocycles. The minimum absolute atomic E-state index is 0.114. The van der Waals surface area contributed by atoms with Crippen LogP contribution in [0.2, 0.25) is 5.02 Å². The second-order valence-electron chi connectivity index (χ2n) is 3.94. The number of nitrogens with one attached hydrogen (secondary N) is 1. The van der Waals surface area contributed by atoms with E-state index < -0.39 is 0 Å². The summed E-state index contributed by atoms with van der Waals surface area (Å²) in [6, 6.07) is 4.88. The van der Waals surface area contributed by atoms with E-state index in [0.717, 1.165) is 0 Å². The van der Waals surface area contributed by atoms with Crippen molar-refractivity contribution < 1.29 is 14.3 Å². The van der Waals surface area contributed by atoms with Gasteiger partial charge in [0.25, 0.3) is 5.91 Å². The lowest BCUT2D eigenvalue weighted by molar-refractivity contribution is 0.0948. The van der Waals surface area contributed by atoms with Crippen LogP contribution < -0.4 is 10.1 Å². The van der Waals surface area contributed by atoms with Gasteiger partial charge in [0.05, 0.1) is 24.7 Å². The van der Waals surface area contributed by atoms with Gasteiger partial charge in [-0.3, -0.25) is 4.79 Å². The largest absolute Gasteiger partial charge is 0.496 e. The standard InChI is InChI=1S/C13H17Cl2NO3/c1-18-8-10(15)5-6-16-13(17)11-4-3-9(14)7-12(11)19-2/h3-4,7,10H,5-6,8H2,1-2H3,(H,16,17). The fraction of sp³-hybridized carbons (Fsp3) is 0.462. The van der Waals surface area contributed by atoms with Gasteiger partial charge < -0.3 is 14.8 Å². The van der Waals surface area contributed by atoms with E-state index in [9.17, 15) is 4.79 Å². The van der Waals surface area contributed by atoms with Crippen molar-refractivity contribution >= 4 is 29.1 Å². The number of methoxy groups -OCH3 is 2. The SMILES string of the molecule is COCC(Cl)CCNC(=O)c1ccc(Cl)cc1OC. The van der Waals surface area contributed by atoms with Crippen LogP contribution in [-0.4, -0.2) is 38.7 Å². The zero-order valence-electron chi connectivity index (χ0n) is 10.9. The first-order valence-corrected chi connectivity index (χ1v) is 6.64. The Morgan fingerprint density at radius 2 is 2.16 bits per heavy atom. The van der Waals surface area contributed by atoms with Crippen LogP contribution >= 0.6 is 23.2 Å². The molecule has 4 nitrogen and oxygen atoms in total. The molecule has 6 heteroatoms. The molecule has 106 valence electrons. The number of halogens is 2. The Hall–Kier alpha value is -0.970. The van der Waals surface area contributed by atoms with Crippen molar-refractivity contribution in [1.82, 2.24) is 5.32 Å². The summed E-state index contributed by atoms with van der Waals surface area (Å²) in [5.41, 5.74) is 0.449. The number of ether oxygens (including phenoxy) is 2. The zero-order chi connectivity index (χ0) is 14.3. The van der Waals surface area contributed by atoms with E-state index in [2.05, 4.69) is 5.32 Å². The van der Waals surface area contributed by atoms with Gasteiger partial charge in [-0.15, -0.1) is 11.6 Å². The third kappa shape index (κ3) is 5.27. The van der Waals surface area contributed by atoms with E-state index in [0.29, 0.717) is 35.9 Å². The van der Waals surface area contributed by atoms with Gasteiger partial charge in [0.15, 0.2) is 0 Å². The molecule has 0 saturated carbocycles. The Bertz CT molecular complexity index is 426. The molecule has 0 radical (unpaired) electrons. The van der Waals surface area contributed by atoms with Gasteiger partial charge in [0.2, 0.25) is 0 Å². The van der Waals surface area contributed by atoms with Gasteiger partial charge in [-0.25, -0.2) is 0 Å². The fourth-order valence-electron chi connectivity index (χ4n) is 1.55. The van der Waals surface area contributed by atoms with E-state index in [-0.39, 0.29) is 11.3 Å². The van der Waals surface area contributed by atoms with Crippen LogP contribution in [-0.2, 0) is 4.74 Å². The molecule has 19 heavy (non-hydrogen) atoms. The van der Waals surface area contributed by atoms with Crippen LogP contribution in [0.25, 0.3) is 0 Å². The van der Waals surface area contributed by atoms with Crippen LogP contribution in [0, 0.1) is 0 Å². The van der Waals surface area contributed by atoms with Gasteiger partial charge in [-0.05, 0) is 24.6 Å². The molecule has 0 fully saturated rings. The van der Waals surface area contributed by atoms with Crippen LogP contribution in [0.4, 0.5) is 0 Å². The third-order valence-corrected chi connectivity index (χ3v) is 3.08. The lowest BCUT2D eigenvalue weighted by Crippen LogP contribution is -2.27. The van der Waals surface area contributed by atoms with Crippen molar-refractivity contribution in [2.45, 2.75) is 11.8 Å². The molecule has 0 bridgehead atoms. The van der Waals surface area contributed by atoms with Crippen molar-refractivity contribution in [2.24, 2.45) is 0 Å². The lowest BCUT2D eigenvalue weighted by atomic mass is 10.2. The highest BCUT2D eigenvalue weighted by Gasteiger charge is 2.13. The summed E-state index contributed by atoms with van der Waals surface area (Å²) < 4.78 is 10.0. The molecule has 0 saturated heterocycles. The van der Waals surface area contributed by atoms with Crippen molar-refractivity contribution in [3.05, 3.63) is 28.8 Å². The highest BCUT2D eigenvalue weighted by Crippen LogP contribution is 2.22. The topological polar surface area (TPSA) is 47.6 Å². The van der Waals surface area contributed by atoms with E-state index in [1.807, 2.05) is 0 Å². The van der Waals surface area contributed by atoms with E-state index in [1.165, 1.54) is 7.11 Å². The summed E-state index contributed by atoms with van der Waals surface area (Å²) in [6.45, 7) is 0.934. The molecule has 0 aromatic heterocycles. The Labute approximate surface area is 123 Å².